The van der Waals surface area contributed by atoms with Crippen LogP contribution in [0.2, 0.25) is 0 Å². The topological polar surface area (TPSA) is 72.1 Å². The number of hydrogen-bond donors (Lipinski definition) is 1. The van der Waals surface area contributed by atoms with Crippen molar-refractivity contribution in [2.75, 3.05) is 6.54 Å². The molecule has 2 aromatic rings. The zero-order chi connectivity index (χ0) is 16.4. The summed E-state index contributed by atoms with van der Waals surface area (Å²) in [6.07, 6.45) is 5.82. The van der Waals surface area contributed by atoms with E-state index in [0.29, 0.717) is 24.2 Å². The summed E-state index contributed by atoms with van der Waals surface area (Å²) in [5, 5.41) is 0. The molecule has 1 aromatic heterocycles. The van der Waals surface area contributed by atoms with Crippen molar-refractivity contribution in [2.24, 2.45) is 5.73 Å². The molecule has 1 aromatic carbocycles. The van der Waals surface area contributed by atoms with Gasteiger partial charge in [0.05, 0.1) is 11.9 Å². The molecule has 0 radical (unpaired) electrons. The molecular weight excluding hydrogens is 302 g/mol. The molecule has 1 amide bonds. The lowest BCUT2D eigenvalue weighted by Crippen LogP contribution is -2.51. The number of nitrogens with two attached hydrogens (primary N) is 1. The summed E-state index contributed by atoms with van der Waals surface area (Å²) in [6, 6.07) is 3.71. The number of aromatic nitrogens is 2. The smallest absolute Gasteiger partial charge is 0.244 e. The van der Waals surface area contributed by atoms with Crippen LogP contribution in [0.25, 0.3) is 0 Å². The molecule has 1 unspecified atom stereocenters. The van der Waals surface area contributed by atoms with E-state index in [-0.39, 0.29) is 6.54 Å². The fraction of sp³-hybridized carbons (Fsp3) is 0.312. The monoisotopic (exact) mass is 318 g/mol. The van der Waals surface area contributed by atoms with Crippen molar-refractivity contribution in [1.29, 1.82) is 0 Å². The number of likely N-dealkylation sites (tertiary alicyclic amines) is 1. The quantitative estimate of drug-likeness (QED) is 0.932. The van der Waals surface area contributed by atoms with Gasteiger partial charge in [0.15, 0.2) is 11.6 Å². The van der Waals surface area contributed by atoms with E-state index in [0.717, 1.165) is 18.6 Å². The summed E-state index contributed by atoms with van der Waals surface area (Å²) in [5.41, 5.74) is 5.66. The van der Waals surface area contributed by atoms with Crippen LogP contribution in [0.15, 0.2) is 36.8 Å². The molecule has 3 rings (SSSR count). The Morgan fingerprint density at radius 3 is 2.78 bits per heavy atom. The molecule has 1 atom stereocenters. The van der Waals surface area contributed by atoms with Crippen LogP contribution >= 0.6 is 0 Å². The molecule has 2 heterocycles. The number of primary amides is 1. The second-order valence-corrected chi connectivity index (χ2v) is 5.59. The van der Waals surface area contributed by atoms with Crippen LogP contribution < -0.4 is 5.73 Å². The van der Waals surface area contributed by atoms with E-state index < -0.39 is 23.1 Å². The third-order valence-electron chi connectivity index (χ3n) is 4.26. The molecule has 1 fully saturated rings. The van der Waals surface area contributed by atoms with Gasteiger partial charge in [-0.05, 0) is 37.1 Å². The predicted molar refractivity (Wildman–Crippen MR) is 78.9 cm³/mol. The number of amides is 1. The second kappa shape index (κ2) is 6.00. The van der Waals surface area contributed by atoms with E-state index in [1.165, 1.54) is 24.7 Å². The van der Waals surface area contributed by atoms with Crippen molar-refractivity contribution < 1.29 is 13.6 Å². The van der Waals surface area contributed by atoms with Crippen molar-refractivity contribution in [3.05, 3.63) is 59.7 Å². The van der Waals surface area contributed by atoms with Gasteiger partial charge in [-0.25, -0.2) is 8.78 Å². The van der Waals surface area contributed by atoms with Crippen molar-refractivity contribution >= 4 is 5.91 Å². The normalized spacial score (nSPS) is 21.5. The highest BCUT2D eigenvalue weighted by atomic mass is 19.2. The number of nitrogens with zero attached hydrogens (tertiary/aromatic N) is 3. The van der Waals surface area contributed by atoms with Gasteiger partial charge in [0, 0.05) is 18.9 Å². The number of hydrogen-bond acceptors (Lipinski definition) is 4. The van der Waals surface area contributed by atoms with Crippen LogP contribution in [0.3, 0.4) is 0 Å². The molecular formula is C16H16F2N4O. The number of carbonyl (C=O) groups excluding carboxylic acids is 1. The zero-order valence-electron chi connectivity index (χ0n) is 12.4. The van der Waals surface area contributed by atoms with E-state index in [1.807, 2.05) is 4.90 Å². The first-order valence-electron chi connectivity index (χ1n) is 7.29. The third-order valence-corrected chi connectivity index (χ3v) is 4.26. The zero-order valence-corrected chi connectivity index (χ0v) is 12.4. The molecule has 1 saturated heterocycles. The van der Waals surface area contributed by atoms with E-state index in [1.54, 1.807) is 0 Å². The molecule has 0 spiro atoms. The number of benzene rings is 1. The number of carbonyl (C=O) groups is 1. The first kappa shape index (κ1) is 15.5. The summed E-state index contributed by atoms with van der Waals surface area (Å²) in [6.45, 7) is 0.884. The molecule has 23 heavy (non-hydrogen) atoms. The van der Waals surface area contributed by atoms with Gasteiger partial charge in [-0.3, -0.25) is 19.7 Å². The van der Waals surface area contributed by atoms with Crippen LogP contribution in [0, 0.1) is 11.6 Å². The van der Waals surface area contributed by atoms with Crippen LogP contribution in [0.5, 0.6) is 0 Å². The highest BCUT2D eigenvalue weighted by molar-refractivity contribution is 5.86. The number of rotatable bonds is 4. The van der Waals surface area contributed by atoms with Crippen molar-refractivity contribution in [3.63, 3.8) is 0 Å². The fourth-order valence-electron chi connectivity index (χ4n) is 3.16. The number of halogens is 2. The molecule has 2 N–H and O–H groups in total. The molecule has 0 bridgehead atoms. The van der Waals surface area contributed by atoms with Gasteiger partial charge < -0.3 is 5.73 Å². The Bertz CT molecular complexity index is 725. The van der Waals surface area contributed by atoms with Crippen LogP contribution in [-0.4, -0.2) is 27.3 Å². The summed E-state index contributed by atoms with van der Waals surface area (Å²) < 4.78 is 26.5. The minimum Gasteiger partial charge on any atom is -0.368 e. The van der Waals surface area contributed by atoms with Gasteiger partial charge in [-0.2, -0.15) is 0 Å². The highest BCUT2D eigenvalue weighted by Crippen LogP contribution is 2.38. The Morgan fingerprint density at radius 1 is 1.30 bits per heavy atom. The molecule has 120 valence electrons. The van der Waals surface area contributed by atoms with Gasteiger partial charge in [0.2, 0.25) is 5.91 Å². The average molecular weight is 318 g/mol. The van der Waals surface area contributed by atoms with Gasteiger partial charge >= 0.3 is 0 Å². The standard InChI is InChI=1S/C16H16F2N4O/c17-12-3-2-11(8-13(12)18)10-22-7-1-4-16(22,15(19)23)14-9-20-5-6-21-14/h2-3,5-6,8-9H,1,4,7,10H2,(H2,19,23). The van der Waals surface area contributed by atoms with Gasteiger partial charge in [0.25, 0.3) is 0 Å². The van der Waals surface area contributed by atoms with Gasteiger partial charge in [0.1, 0.15) is 5.54 Å². The first-order chi connectivity index (χ1) is 11.0. The summed E-state index contributed by atoms with van der Waals surface area (Å²) in [4.78, 5) is 22.3. The molecule has 0 saturated carbocycles. The maximum absolute atomic E-state index is 13.4. The van der Waals surface area contributed by atoms with Gasteiger partial charge in [-0.1, -0.05) is 6.07 Å². The van der Waals surface area contributed by atoms with E-state index in [9.17, 15) is 13.6 Å². The molecule has 0 aliphatic carbocycles. The Balaban J connectivity index is 1.96. The second-order valence-electron chi connectivity index (χ2n) is 5.59. The minimum absolute atomic E-state index is 0.275. The third kappa shape index (κ3) is 2.68. The first-order valence-corrected chi connectivity index (χ1v) is 7.29. The van der Waals surface area contributed by atoms with Crippen LogP contribution in [0.4, 0.5) is 8.78 Å². The lowest BCUT2D eigenvalue weighted by molar-refractivity contribution is -0.129. The average Bonchev–Trinajstić information content (AvgIpc) is 2.96. The lowest BCUT2D eigenvalue weighted by atomic mass is 9.91. The minimum atomic E-state index is -1.07. The SMILES string of the molecule is NC(=O)C1(c2cnccn2)CCCN1Cc1ccc(F)c(F)c1. The van der Waals surface area contributed by atoms with Crippen LogP contribution in [-0.2, 0) is 16.9 Å². The van der Waals surface area contributed by atoms with Crippen molar-refractivity contribution in [3.8, 4) is 0 Å². The molecule has 7 heteroatoms. The molecule has 1 aliphatic rings. The lowest BCUT2D eigenvalue weighted by Gasteiger charge is -2.35. The van der Waals surface area contributed by atoms with E-state index in [2.05, 4.69) is 9.97 Å². The summed E-state index contributed by atoms with van der Waals surface area (Å²) in [5.74, 6) is -2.32. The highest BCUT2D eigenvalue weighted by Gasteiger charge is 2.48. The Hall–Kier alpha value is -2.41. The molecule has 1 aliphatic heterocycles. The van der Waals surface area contributed by atoms with E-state index in [4.69, 9.17) is 5.73 Å². The van der Waals surface area contributed by atoms with Crippen LogP contribution in [0.1, 0.15) is 24.1 Å². The summed E-state index contributed by atoms with van der Waals surface area (Å²) >= 11 is 0. The predicted octanol–water partition coefficient (Wildman–Crippen LogP) is 1.73. The Labute approximate surface area is 132 Å². The van der Waals surface area contributed by atoms with Crippen molar-refractivity contribution in [2.45, 2.75) is 24.9 Å². The largest absolute Gasteiger partial charge is 0.368 e. The van der Waals surface area contributed by atoms with Crippen molar-refractivity contribution in [1.82, 2.24) is 14.9 Å². The van der Waals surface area contributed by atoms with Gasteiger partial charge in [-0.15, -0.1) is 0 Å². The maximum atomic E-state index is 13.4. The van der Waals surface area contributed by atoms with E-state index >= 15 is 0 Å². The fourth-order valence-corrected chi connectivity index (χ4v) is 3.16. The maximum Gasteiger partial charge on any atom is 0.244 e. The summed E-state index contributed by atoms with van der Waals surface area (Å²) in [7, 11) is 0. The molecule has 5 nitrogen and oxygen atoms in total. The Morgan fingerprint density at radius 2 is 2.13 bits per heavy atom. The Kier molecular flexibility index (Phi) is 4.04.